The van der Waals surface area contributed by atoms with Crippen molar-refractivity contribution in [3.63, 3.8) is 0 Å². The average Bonchev–Trinajstić information content (AvgIpc) is 2.78. The van der Waals surface area contributed by atoms with Crippen molar-refractivity contribution in [1.29, 1.82) is 5.26 Å². The number of carbonyl (C=O) groups is 1. The summed E-state index contributed by atoms with van der Waals surface area (Å²) in [4.78, 5) is 13.3. The molecule has 5 rings (SSSR count). The Bertz CT molecular complexity index is 1260. The Kier molecular flexibility index (Phi) is 4.37. The molecule has 0 spiro atoms. The molecule has 4 nitrogen and oxygen atoms in total. The predicted molar refractivity (Wildman–Crippen MR) is 115 cm³/mol. The van der Waals surface area contributed by atoms with Crippen LogP contribution < -0.4 is 5.73 Å². The minimum Gasteiger partial charge on any atom is -0.444 e. The Balaban J connectivity index is 1.62. The van der Waals surface area contributed by atoms with Gasteiger partial charge in [0.15, 0.2) is 5.78 Å². The van der Waals surface area contributed by atoms with Crippen LogP contribution in [-0.2, 0) is 9.53 Å². The highest BCUT2D eigenvalue weighted by atomic mass is 16.5. The van der Waals surface area contributed by atoms with Gasteiger partial charge < -0.3 is 10.5 Å². The van der Waals surface area contributed by atoms with E-state index in [1.54, 1.807) is 0 Å². The van der Waals surface area contributed by atoms with Crippen molar-refractivity contribution < 1.29 is 9.53 Å². The molecule has 2 atom stereocenters. The normalized spacial score (nSPS) is 21.2. The fourth-order valence-electron chi connectivity index (χ4n) is 4.59. The van der Waals surface area contributed by atoms with Crippen molar-refractivity contribution in [3.8, 4) is 6.07 Å². The summed E-state index contributed by atoms with van der Waals surface area (Å²) >= 11 is 0. The van der Waals surface area contributed by atoms with E-state index >= 15 is 0 Å². The zero-order valence-electron chi connectivity index (χ0n) is 16.3. The molecule has 4 heteroatoms. The topological polar surface area (TPSA) is 76.1 Å². The molecule has 0 saturated carbocycles. The lowest BCUT2D eigenvalue weighted by atomic mass is 9.73. The highest BCUT2D eigenvalue weighted by Crippen LogP contribution is 2.47. The van der Waals surface area contributed by atoms with Crippen molar-refractivity contribution in [2.75, 3.05) is 0 Å². The van der Waals surface area contributed by atoms with E-state index in [4.69, 9.17) is 10.5 Å². The fraction of sp³-hybridized carbons (Fsp3) is 0.154. The number of fused-ring (bicyclic) bond motifs is 1. The Morgan fingerprint density at radius 3 is 2.40 bits per heavy atom. The molecule has 1 aliphatic heterocycles. The first-order valence-electron chi connectivity index (χ1n) is 10.0. The Labute approximate surface area is 174 Å². The van der Waals surface area contributed by atoms with E-state index < -0.39 is 5.92 Å². The van der Waals surface area contributed by atoms with Crippen LogP contribution in [0, 0.1) is 11.3 Å². The highest BCUT2D eigenvalue weighted by Gasteiger charge is 2.40. The summed E-state index contributed by atoms with van der Waals surface area (Å²) < 4.78 is 5.85. The van der Waals surface area contributed by atoms with Gasteiger partial charge in [0.1, 0.15) is 17.4 Å². The minimum atomic E-state index is -0.493. The molecule has 0 radical (unpaired) electrons. The largest absolute Gasteiger partial charge is 0.444 e. The first kappa shape index (κ1) is 18.2. The summed E-state index contributed by atoms with van der Waals surface area (Å²) in [5.74, 6) is 0.257. The molecule has 146 valence electrons. The van der Waals surface area contributed by atoms with Crippen LogP contribution in [0.4, 0.5) is 0 Å². The second-order valence-corrected chi connectivity index (χ2v) is 7.81. The van der Waals surface area contributed by atoms with Crippen molar-refractivity contribution in [2.45, 2.75) is 24.7 Å². The molecular formula is C26H20N2O2. The summed E-state index contributed by atoms with van der Waals surface area (Å²) in [7, 11) is 0. The second-order valence-electron chi connectivity index (χ2n) is 7.81. The molecule has 1 aliphatic carbocycles. The number of ketones is 1. The van der Waals surface area contributed by atoms with Gasteiger partial charge >= 0.3 is 0 Å². The number of carbonyl (C=O) groups excluding carboxylic acids is 1. The Morgan fingerprint density at radius 1 is 0.900 bits per heavy atom. The molecule has 3 aromatic rings. The van der Waals surface area contributed by atoms with Gasteiger partial charge in [0.05, 0.1) is 5.92 Å². The maximum atomic E-state index is 13.3. The quantitative estimate of drug-likeness (QED) is 0.662. The molecular weight excluding hydrogens is 372 g/mol. The monoisotopic (exact) mass is 392 g/mol. The lowest BCUT2D eigenvalue weighted by Crippen LogP contribution is -2.29. The molecule has 0 aromatic heterocycles. The summed E-state index contributed by atoms with van der Waals surface area (Å²) in [6.45, 7) is 0. The number of hydrogen-bond acceptors (Lipinski definition) is 4. The molecule has 3 aromatic carbocycles. The first-order chi connectivity index (χ1) is 14.7. The molecule has 1 heterocycles. The van der Waals surface area contributed by atoms with Gasteiger partial charge in [0, 0.05) is 18.4 Å². The number of rotatable bonds is 2. The maximum Gasteiger partial charge on any atom is 0.205 e. The lowest BCUT2D eigenvalue weighted by molar-refractivity contribution is -0.117. The number of hydrogen-bond donors (Lipinski definition) is 1. The minimum absolute atomic E-state index is 0.0171. The number of Topliss-reactive ketones (excluding diaryl/α,β-unsaturated/α-hetero) is 1. The molecule has 0 bridgehead atoms. The van der Waals surface area contributed by atoms with Crippen LogP contribution in [-0.4, -0.2) is 5.78 Å². The van der Waals surface area contributed by atoms with Crippen molar-refractivity contribution in [1.82, 2.24) is 0 Å². The molecule has 30 heavy (non-hydrogen) atoms. The van der Waals surface area contributed by atoms with Gasteiger partial charge in [-0.15, -0.1) is 0 Å². The van der Waals surface area contributed by atoms with Crippen LogP contribution in [0.3, 0.4) is 0 Å². The third-order valence-electron chi connectivity index (χ3n) is 6.04. The number of benzene rings is 3. The molecule has 2 N–H and O–H groups in total. The van der Waals surface area contributed by atoms with E-state index in [2.05, 4.69) is 6.07 Å². The van der Waals surface area contributed by atoms with Crippen LogP contribution >= 0.6 is 0 Å². The van der Waals surface area contributed by atoms with E-state index in [0.29, 0.717) is 29.7 Å². The van der Waals surface area contributed by atoms with E-state index in [1.165, 1.54) is 0 Å². The second kappa shape index (κ2) is 7.20. The number of allylic oxidation sites excluding steroid dienone is 3. The van der Waals surface area contributed by atoms with Crippen LogP contribution in [0.2, 0.25) is 0 Å². The number of nitriles is 1. The average molecular weight is 392 g/mol. The summed E-state index contributed by atoms with van der Waals surface area (Å²) in [6.07, 6.45) is 0.990. The van der Waals surface area contributed by atoms with Gasteiger partial charge in [-0.3, -0.25) is 4.79 Å². The van der Waals surface area contributed by atoms with E-state index in [0.717, 1.165) is 21.9 Å². The zero-order chi connectivity index (χ0) is 20.7. The van der Waals surface area contributed by atoms with Gasteiger partial charge in [0.25, 0.3) is 0 Å². The van der Waals surface area contributed by atoms with Crippen LogP contribution in [0.1, 0.15) is 35.8 Å². The third-order valence-corrected chi connectivity index (χ3v) is 6.04. The highest BCUT2D eigenvalue weighted by molar-refractivity contribution is 6.00. The third kappa shape index (κ3) is 2.96. The van der Waals surface area contributed by atoms with Gasteiger partial charge in [-0.25, -0.2) is 0 Å². The number of ether oxygens (including phenoxy) is 1. The smallest absolute Gasteiger partial charge is 0.205 e. The van der Waals surface area contributed by atoms with Gasteiger partial charge in [-0.05, 0) is 27.8 Å². The van der Waals surface area contributed by atoms with E-state index in [-0.39, 0.29) is 17.6 Å². The molecule has 2 aliphatic rings. The van der Waals surface area contributed by atoms with Gasteiger partial charge in [-0.1, -0.05) is 72.8 Å². The Hall–Kier alpha value is -3.84. The SMILES string of the molecule is N#CC1=C(N)OC2=C(C(=O)C[C@H](c3ccccc3)C2)[C@H]1c1ccc2ccccc2c1. The molecule has 0 fully saturated rings. The van der Waals surface area contributed by atoms with Gasteiger partial charge in [-0.2, -0.15) is 5.26 Å². The van der Waals surface area contributed by atoms with Crippen LogP contribution in [0.15, 0.2) is 95.6 Å². The Morgan fingerprint density at radius 2 is 1.63 bits per heavy atom. The van der Waals surface area contributed by atoms with E-state index in [9.17, 15) is 10.1 Å². The lowest BCUT2D eigenvalue weighted by Gasteiger charge is -2.34. The molecule has 0 unspecified atom stereocenters. The van der Waals surface area contributed by atoms with Crippen molar-refractivity contribution >= 4 is 16.6 Å². The van der Waals surface area contributed by atoms with Crippen LogP contribution in [0.5, 0.6) is 0 Å². The van der Waals surface area contributed by atoms with Gasteiger partial charge in [0.2, 0.25) is 5.88 Å². The summed E-state index contributed by atoms with van der Waals surface area (Å²) in [6, 6.07) is 26.3. The van der Waals surface area contributed by atoms with Crippen LogP contribution in [0.25, 0.3) is 10.8 Å². The zero-order valence-corrected chi connectivity index (χ0v) is 16.3. The fourth-order valence-corrected chi connectivity index (χ4v) is 4.59. The summed E-state index contributed by atoms with van der Waals surface area (Å²) in [5.41, 5.74) is 9.02. The number of nitrogens with two attached hydrogens (primary N) is 1. The van der Waals surface area contributed by atoms with Crippen molar-refractivity contribution in [2.24, 2.45) is 5.73 Å². The first-order valence-corrected chi connectivity index (χ1v) is 10.0. The summed E-state index contributed by atoms with van der Waals surface area (Å²) in [5, 5.41) is 12.0. The number of nitrogens with zero attached hydrogens (tertiary/aromatic N) is 1. The maximum absolute atomic E-state index is 13.3. The molecule has 0 amide bonds. The van der Waals surface area contributed by atoms with E-state index in [1.807, 2.05) is 72.8 Å². The predicted octanol–water partition coefficient (Wildman–Crippen LogP) is 5.05. The standard InChI is InChI=1S/C26H20N2O2/c27-15-21-24(19-11-10-17-8-4-5-9-18(17)12-19)25-22(29)13-20(14-23(25)30-26(21)28)16-6-2-1-3-7-16/h1-12,20,24H,13-14,28H2/t20-,24-/m0/s1. The molecule has 0 saturated heterocycles. The van der Waals surface area contributed by atoms with Crippen molar-refractivity contribution in [3.05, 3.63) is 107 Å².